The van der Waals surface area contributed by atoms with Crippen molar-refractivity contribution in [2.45, 2.75) is 45.1 Å². The number of benzene rings is 1. The molecule has 1 fully saturated rings. The Morgan fingerprint density at radius 2 is 1.75 bits per heavy atom. The van der Waals surface area contributed by atoms with Crippen LogP contribution >= 0.6 is 0 Å². The van der Waals surface area contributed by atoms with E-state index in [1.165, 1.54) is 12.2 Å². The van der Waals surface area contributed by atoms with Crippen LogP contribution in [0.4, 0.5) is 0 Å². The lowest BCUT2D eigenvalue weighted by molar-refractivity contribution is 0.00578. The number of aliphatic imine (C=N–C) groups is 1. The molecule has 1 aliphatic heterocycles. The molecule has 24 heavy (non-hydrogen) atoms. The zero-order valence-corrected chi connectivity index (χ0v) is 14.5. The highest BCUT2D eigenvalue weighted by Gasteiger charge is 2.51. The molecule has 1 heterocycles. The summed E-state index contributed by atoms with van der Waals surface area (Å²) in [4.78, 5) is 3.96. The minimum Gasteiger partial charge on any atom is -0.399 e. The lowest BCUT2D eigenvalue weighted by Gasteiger charge is -2.32. The van der Waals surface area contributed by atoms with Gasteiger partial charge >= 0.3 is 7.12 Å². The van der Waals surface area contributed by atoms with Crippen molar-refractivity contribution in [2.24, 2.45) is 10.7 Å². The van der Waals surface area contributed by atoms with Gasteiger partial charge in [-0.3, -0.25) is 0 Å². The third-order valence-corrected chi connectivity index (χ3v) is 4.39. The number of hydrogen-bond acceptors (Lipinski definition) is 5. The molecule has 128 valence electrons. The average molecular weight is 329 g/mol. The monoisotopic (exact) mass is 329 g/mol. The number of hydrogen-bond donors (Lipinski definition) is 3. The van der Waals surface area contributed by atoms with Gasteiger partial charge in [-0.25, -0.2) is 4.99 Å². The first-order valence-corrected chi connectivity index (χ1v) is 7.80. The van der Waals surface area contributed by atoms with E-state index in [-0.39, 0.29) is 5.84 Å². The molecule has 1 aromatic carbocycles. The molecular weight excluding hydrogens is 305 g/mol. The number of nitrogens with one attached hydrogen (secondary N) is 1. The van der Waals surface area contributed by atoms with Gasteiger partial charge < -0.3 is 25.6 Å². The Balaban J connectivity index is 2.11. The summed E-state index contributed by atoms with van der Waals surface area (Å²) < 4.78 is 12.0. The molecule has 1 saturated heterocycles. The van der Waals surface area contributed by atoms with E-state index in [0.717, 1.165) is 11.7 Å². The highest BCUT2D eigenvalue weighted by molar-refractivity contribution is 6.62. The summed E-state index contributed by atoms with van der Waals surface area (Å²) in [6.07, 6.45) is 2.92. The van der Waals surface area contributed by atoms with E-state index in [4.69, 9.17) is 20.5 Å². The maximum absolute atomic E-state index is 10.1. The highest BCUT2D eigenvalue weighted by atomic mass is 16.7. The first kappa shape index (κ1) is 18.4. The van der Waals surface area contributed by atoms with Crippen LogP contribution in [0.25, 0.3) is 0 Å². The van der Waals surface area contributed by atoms with Gasteiger partial charge in [0.2, 0.25) is 0 Å². The lowest BCUT2D eigenvalue weighted by atomic mass is 9.79. The van der Waals surface area contributed by atoms with Crippen molar-refractivity contribution in [1.82, 2.24) is 0 Å². The van der Waals surface area contributed by atoms with Crippen molar-refractivity contribution in [3.05, 3.63) is 42.0 Å². The molecule has 0 radical (unpaired) electrons. The van der Waals surface area contributed by atoms with Crippen molar-refractivity contribution < 1.29 is 14.4 Å². The predicted octanol–water partition coefficient (Wildman–Crippen LogP) is 1.54. The van der Waals surface area contributed by atoms with Gasteiger partial charge in [0.25, 0.3) is 0 Å². The maximum atomic E-state index is 10.1. The first-order valence-electron chi connectivity index (χ1n) is 7.80. The van der Waals surface area contributed by atoms with Gasteiger partial charge in [0.15, 0.2) is 6.23 Å². The topological polar surface area (TPSA) is 101 Å². The van der Waals surface area contributed by atoms with E-state index < -0.39 is 24.5 Å². The Hall–Kier alpha value is -1.96. The molecule has 0 spiro atoms. The van der Waals surface area contributed by atoms with E-state index in [1.807, 2.05) is 39.8 Å². The summed E-state index contributed by atoms with van der Waals surface area (Å²) in [6, 6.07) is 7.23. The van der Waals surface area contributed by atoms with Gasteiger partial charge in [-0.15, -0.1) is 0 Å². The fourth-order valence-corrected chi connectivity index (χ4v) is 2.21. The van der Waals surface area contributed by atoms with Crippen LogP contribution in [0.15, 0.2) is 41.4 Å². The standard InChI is InChI=1S/C17H24BN3O3/c1-16(2)17(3,4)24-18(23-16)13-9-7-12(8-10-13)15(22)21-14(20)6-5-11-19/h5-11,15,19,22H,1-4H3,(H2,20,21)/b6-5-,19-11?. The van der Waals surface area contributed by atoms with Crippen LogP contribution < -0.4 is 11.2 Å². The van der Waals surface area contributed by atoms with E-state index in [9.17, 15) is 5.11 Å². The molecule has 0 amide bonds. The minimum atomic E-state index is -1.06. The molecule has 0 aliphatic carbocycles. The van der Waals surface area contributed by atoms with Crippen LogP contribution in [0, 0.1) is 5.41 Å². The minimum absolute atomic E-state index is 0.154. The molecule has 6 nitrogen and oxygen atoms in total. The van der Waals surface area contributed by atoms with Gasteiger partial charge in [0, 0.05) is 11.8 Å². The van der Waals surface area contributed by atoms with Gasteiger partial charge in [-0.2, -0.15) is 0 Å². The van der Waals surface area contributed by atoms with Crippen molar-refractivity contribution in [3.8, 4) is 0 Å². The number of aliphatic hydroxyl groups is 1. The Labute approximate surface area is 143 Å². The second-order valence-electron chi connectivity index (χ2n) is 6.71. The summed E-state index contributed by atoms with van der Waals surface area (Å²) >= 11 is 0. The molecule has 0 saturated carbocycles. The Morgan fingerprint density at radius 1 is 1.21 bits per heavy atom. The number of allylic oxidation sites excluding steroid dienone is 1. The van der Waals surface area contributed by atoms with Crippen LogP contribution in [0.5, 0.6) is 0 Å². The SMILES string of the molecule is CC1(C)OB(c2ccc(C(O)N=C(N)/C=C\C=N)cc2)OC1(C)C. The molecule has 1 aliphatic rings. The number of nitrogens with zero attached hydrogens (tertiary/aromatic N) is 1. The van der Waals surface area contributed by atoms with Crippen LogP contribution in [0.2, 0.25) is 0 Å². The molecule has 1 aromatic rings. The second kappa shape index (κ2) is 6.89. The van der Waals surface area contributed by atoms with Gasteiger partial charge in [0.05, 0.1) is 11.2 Å². The van der Waals surface area contributed by atoms with Crippen LogP contribution in [-0.2, 0) is 9.31 Å². The summed E-state index contributed by atoms with van der Waals surface area (Å²) in [5, 5.41) is 17.0. The number of nitrogens with two attached hydrogens (primary N) is 1. The average Bonchev–Trinajstić information content (AvgIpc) is 2.73. The Morgan fingerprint density at radius 3 is 2.25 bits per heavy atom. The predicted molar refractivity (Wildman–Crippen MR) is 96.7 cm³/mol. The molecule has 0 bridgehead atoms. The molecule has 0 aromatic heterocycles. The smallest absolute Gasteiger partial charge is 0.399 e. The number of amidine groups is 1. The normalized spacial score (nSPS) is 21.2. The van der Waals surface area contributed by atoms with Crippen molar-refractivity contribution in [3.63, 3.8) is 0 Å². The summed E-state index contributed by atoms with van der Waals surface area (Å²) in [6.45, 7) is 8.02. The van der Waals surface area contributed by atoms with Crippen molar-refractivity contribution in [2.75, 3.05) is 0 Å². The van der Waals surface area contributed by atoms with Gasteiger partial charge in [0.1, 0.15) is 5.84 Å². The summed E-state index contributed by atoms with van der Waals surface area (Å²) in [5.41, 5.74) is 6.35. The fourth-order valence-electron chi connectivity index (χ4n) is 2.21. The number of aliphatic hydroxyl groups excluding tert-OH is 1. The van der Waals surface area contributed by atoms with Crippen molar-refractivity contribution in [1.29, 1.82) is 5.41 Å². The Kier molecular flexibility index (Phi) is 5.27. The fraction of sp³-hybridized carbons (Fsp3) is 0.412. The quantitative estimate of drug-likeness (QED) is 0.433. The summed E-state index contributed by atoms with van der Waals surface area (Å²) in [7, 11) is -0.440. The zero-order valence-electron chi connectivity index (χ0n) is 14.5. The highest BCUT2D eigenvalue weighted by Crippen LogP contribution is 2.36. The second-order valence-corrected chi connectivity index (χ2v) is 6.71. The zero-order chi connectivity index (χ0) is 18.0. The van der Waals surface area contributed by atoms with Gasteiger partial charge in [-0.1, -0.05) is 24.3 Å². The van der Waals surface area contributed by atoms with Crippen molar-refractivity contribution >= 4 is 24.6 Å². The largest absolute Gasteiger partial charge is 0.494 e. The molecule has 2 rings (SSSR count). The molecule has 1 atom stereocenters. The van der Waals surface area contributed by atoms with Gasteiger partial charge in [-0.05, 0) is 45.3 Å². The third kappa shape index (κ3) is 3.92. The van der Waals surface area contributed by atoms with Crippen LogP contribution in [0.3, 0.4) is 0 Å². The lowest BCUT2D eigenvalue weighted by Crippen LogP contribution is -2.41. The van der Waals surface area contributed by atoms with E-state index in [1.54, 1.807) is 12.1 Å². The van der Waals surface area contributed by atoms with E-state index in [2.05, 4.69) is 4.99 Å². The van der Waals surface area contributed by atoms with E-state index >= 15 is 0 Å². The molecule has 1 unspecified atom stereocenters. The summed E-state index contributed by atoms with van der Waals surface area (Å²) in [5.74, 6) is 0.154. The molecule has 7 heteroatoms. The number of rotatable bonds is 5. The third-order valence-electron chi connectivity index (χ3n) is 4.39. The Bertz CT molecular complexity index is 638. The maximum Gasteiger partial charge on any atom is 0.494 e. The molecule has 4 N–H and O–H groups in total. The molecular formula is C17H24BN3O3. The van der Waals surface area contributed by atoms with Crippen LogP contribution in [0.1, 0.15) is 39.5 Å². The first-order chi connectivity index (χ1) is 11.2. The van der Waals surface area contributed by atoms with Crippen LogP contribution in [-0.4, -0.2) is 35.5 Å². The van der Waals surface area contributed by atoms with E-state index in [0.29, 0.717) is 5.56 Å².